The molecule has 0 spiro atoms. The van der Waals surface area contributed by atoms with Gasteiger partial charge in [-0.2, -0.15) is 0 Å². The second kappa shape index (κ2) is 8.64. The first-order valence-electron chi connectivity index (χ1n) is 9.71. The van der Waals surface area contributed by atoms with Crippen molar-refractivity contribution in [3.63, 3.8) is 0 Å². The molecule has 2 aromatic carbocycles. The van der Waals surface area contributed by atoms with E-state index in [4.69, 9.17) is 9.47 Å². The van der Waals surface area contributed by atoms with Crippen molar-refractivity contribution in [2.75, 3.05) is 44.8 Å². The smallest absolute Gasteiger partial charge is 0.241 e. The van der Waals surface area contributed by atoms with Gasteiger partial charge in [-0.3, -0.25) is 9.69 Å². The lowest BCUT2D eigenvalue weighted by Crippen LogP contribution is -2.47. The van der Waals surface area contributed by atoms with E-state index in [9.17, 15) is 4.79 Å². The van der Waals surface area contributed by atoms with Gasteiger partial charge < -0.3 is 14.4 Å². The first-order valence-corrected chi connectivity index (χ1v) is 10.5. The molecule has 1 saturated heterocycles. The van der Waals surface area contributed by atoms with Crippen molar-refractivity contribution in [1.82, 2.24) is 4.90 Å². The van der Waals surface area contributed by atoms with Crippen LogP contribution in [0.1, 0.15) is 23.7 Å². The van der Waals surface area contributed by atoms with Crippen molar-refractivity contribution in [1.29, 1.82) is 0 Å². The predicted molar refractivity (Wildman–Crippen MR) is 113 cm³/mol. The van der Waals surface area contributed by atoms with Crippen molar-refractivity contribution in [3.05, 3.63) is 58.1 Å². The second-order valence-corrected chi connectivity index (χ2v) is 8.21. The molecule has 6 heteroatoms. The van der Waals surface area contributed by atoms with Gasteiger partial charge in [0.15, 0.2) is 0 Å². The Hall–Kier alpha value is -1.89. The summed E-state index contributed by atoms with van der Waals surface area (Å²) in [5.74, 6) is 0.999. The van der Waals surface area contributed by atoms with Gasteiger partial charge in [-0.1, -0.05) is 28.1 Å². The van der Waals surface area contributed by atoms with Crippen LogP contribution in [-0.4, -0.2) is 50.7 Å². The highest BCUT2D eigenvalue weighted by atomic mass is 79.9. The zero-order valence-corrected chi connectivity index (χ0v) is 17.7. The number of morpholine rings is 1. The lowest BCUT2D eigenvalue weighted by molar-refractivity contribution is -0.122. The second-order valence-electron chi connectivity index (χ2n) is 7.29. The summed E-state index contributed by atoms with van der Waals surface area (Å²) >= 11 is 3.52. The van der Waals surface area contributed by atoms with Crippen LogP contribution in [0.4, 0.5) is 5.69 Å². The molecule has 0 bridgehead atoms. The Morgan fingerprint density at radius 3 is 2.96 bits per heavy atom. The van der Waals surface area contributed by atoms with Crippen LogP contribution in [0.15, 0.2) is 46.9 Å². The first kappa shape index (κ1) is 19.4. The third-order valence-corrected chi connectivity index (χ3v) is 5.93. The van der Waals surface area contributed by atoms with E-state index in [1.54, 1.807) is 7.11 Å². The highest BCUT2D eigenvalue weighted by Crippen LogP contribution is 2.31. The number of methoxy groups -OCH3 is 1. The monoisotopic (exact) mass is 444 g/mol. The number of amides is 1. The number of fused-ring (bicyclic) bond motifs is 1. The Kier molecular flexibility index (Phi) is 5.99. The molecule has 1 fully saturated rings. The first-order chi connectivity index (χ1) is 13.6. The summed E-state index contributed by atoms with van der Waals surface area (Å²) in [5, 5.41) is 0. The fraction of sp³-hybridized carbons (Fsp3) is 0.409. The standard InChI is InChI=1S/C22H25BrN2O3/c1-27-19-7-8-20-16(13-19)5-3-9-25(20)22(26)15-24-10-11-28-21(14-24)17-4-2-6-18(23)12-17/h2,4,6-8,12-13,21H,3,5,9-11,14-15H2,1H3. The number of nitrogens with zero attached hydrogens (tertiary/aromatic N) is 2. The molecule has 0 N–H and O–H groups in total. The molecular weight excluding hydrogens is 420 g/mol. The van der Waals surface area contributed by atoms with Crippen LogP contribution in [0.3, 0.4) is 0 Å². The Bertz CT molecular complexity index is 857. The van der Waals surface area contributed by atoms with E-state index in [0.29, 0.717) is 13.2 Å². The minimum absolute atomic E-state index is 0.00282. The van der Waals surface area contributed by atoms with E-state index in [-0.39, 0.29) is 12.0 Å². The lowest BCUT2D eigenvalue weighted by Gasteiger charge is -2.35. The van der Waals surface area contributed by atoms with Gasteiger partial charge in [-0.15, -0.1) is 0 Å². The third-order valence-electron chi connectivity index (χ3n) is 5.44. The Balaban J connectivity index is 1.44. The van der Waals surface area contributed by atoms with E-state index in [0.717, 1.165) is 53.9 Å². The molecule has 2 aliphatic heterocycles. The van der Waals surface area contributed by atoms with E-state index in [1.165, 1.54) is 5.56 Å². The van der Waals surface area contributed by atoms with Crippen LogP contribution in [0.25, 0.3) is 0 Å². The SMILES string of the molecule is COc1ccc2c(c1)CCCN2C(=O)CN1CCOC(c2cccc(Br)c2)C1. The molecule has 4 rings (SSSR count). The molecule has 148 valence electrons. The van der Waals surface area contributed by atoms with Crippen molar-refractivity contribution in [2.45, 2.75) is 18.9 Å². The number of carbonyl (C=O) groups excluding carboxylic acids is 1. The van der Waals surface area contributed by atoms with Crippen LogP contribution in [0.2, 0.25) is 0 Å². The molecule has 1 amide bonds. The number of rotatable bonds is 4. The highest BCUT2D eigenvalue weighted by Gasteiger charge is 2.28. The normalized spacial score (nSPS) is 19.9. The maximum absolute atomic E-state index is 13.1. The van der Waals surface area contributed by atoms with Crippen LogP contribution >= 0.6 is 15.9 Å². The number of carbonyl (C=O) groups is 1. The average molecular weight is 445 g/mol. The van der Waals surface area contributed by atoms with Gasteiger partial charge in [0.2, 0.25) is 5.91 Å². The number of hydrogen-bond acceptors (Lipinski definition) is 4. The van der Waals surface area contributed by atoms with E-state index < -0.39 is 0 Å². The minimum atomic E-state index is -0.00282. The molecule has 1 unspecified atom stereocenters. The fourth-order valence-electron chi connectivity index (χ4n) is 3.99. The predicted octanol–water partition coefficient (Wildman–Crippen LogP) is 3.81. The zero-order chi connectivity index (χ0) is 19.5. The van der Waals surface area contributed by atoms with Gasteiger partial charge in [0, 0.05) is 29.8 Å². The molecule has 0 radical (unpaired) electrons. The fourth-order valence-corrected chi connectivity index (χ4v) is 4.41. The van der Waals surface area contributed by atoms with Gasteiger partial charge in [0.1, 0.15) is 5.75 Å². The zero-order valence-electron chi connectivity index (χ0n) is 16.1. The number of hydrogen-bond donors (Lipinski definition) is 0. The topological polar surface area (TPSA) is 42.0 Å². The number of benzene rings is 2. The largest absolute Gasteiger partial charge is 0.497 e. The molecule has 2 aromatic rings. The van der Waals surface area contributed by atoms with Crippen LogP contribution in [0, 0.1) is 0 Å². The van der Waals surface area contributed by atoms with E-state index in [1.807, 2.05) is 35.2 Å². The summed E-state index contributed by atoms with van der Waals surface area (Å²) in [6.45, 7) is 3.33. The molecule has 0 aliphatic carbocycles. The maximum atomic E-state index is 13.1. The third kappa shape index (κ3) is 4.24. The van der Waals surface area contributed by atoms with Crippen LogP contribution in [-0.2, 0) is 16.0 Å². The van der Waals surface area contributed by atoms with Crippen LogP contribution in [0.5, 0.6) is 5.75 Å². The molecular formula is C22H25BrN2O3. The molecule has 0 aromatic heterocycles. The molecule has 2 aliphatic rings. The molecule has 1 atom stereocenters. The van der Waals surface area contributed by atoms with E-state index >= 15 is 0 Å². The summed E-state index contributed by atoms with van der Waals surface area (Å²) in [5.41, 5.74) is 3.35. The van der Waals surface area contributed by atoms with Crippen LogP contribution < -0.4 is 9.64 Å². The molecule has 28 heavy (non-hydrogen) atoms. The number of halogens is 1. The lowest BCUT2D eigenvalue weighted by atomic mass is 10.0. The van der Waals surface area contributed by atoms with Gasteiger partial charge >= 0.3 is 0 Å². The summed E-state index contributed by atoms with van der Waals surface area (Å²) in [6, 6.07) is 14.2. The van der Waals surface area contributed by atoms with Gasteiger partial charge in [0.25, 0.3) is 0 Å². The molecule has 5 nitrogen and oxygen atoms in total. The summed E-state index contributed by atoms with van der Waals surface area (Å²) in [4.78, 5) is 17.2. The number of aryl methyl sites for hydroxylation is 1. The van der Waals surface area contributed by atoms with Crippen molar-refractivity contribution in [2.24, 2.45) is 0 Å². The van der Waals surface area contributed by atoms with Gasteiger partial charge in [0.05, 0.1) is 26.4 Å². The minimum Gasteiger partial charge on any atom is -0.497 e. The van der Waals surface area contributed by atoms with E-state index in [2.05, 4.69) is 33.0 Å². The van der Waals surface area contributed by atoms with Gasteiger partial charge in [-0.25, -0.2) is 0 Å². The maximum Gasteiger partial charge on any atom is 0.241 e. The van der Waals surface area contributed by atoms with Crippen molar-refractivity contribution < 1.29 is 14.3 Å². The number of ether oxygens (including phenoxy) is 2. The molecule has 2 heterocycles. The van der Waals surface area contributed by atoms with Crippen molar-refractivity contribution >= 4 is 27.5 Å². The summed E-state index contributed by atoms with van der Waals surface area (Å²) in [6.07, 6.45) is 1.96. The molecule has 0 saturated carbocycles. The Labute approximate surface area is 174 Å². The number of anilines is 1. The Morgan fingerprint density at radius 2 is 2.14 bits per heavy atom. The highest BCUT2D eigenvalue weighted by molar-refractivity contribution is 9.10. The summed E-state index contributed by atoms with van der Waals surface area (Å²) < 4.78 is 12.3. The summed E-state index contributed by atoms with van der Waals surface area (Å²) in [7, 11) is 1.67. The average Bonchev–Trinajstić information content (AvgIpc) is 2.73. The Morgan fingerprint density at radius 1 is 1.25 bits per heavy atom. The quantitative estimate of drug-likeness (QED) is 0.718. The van der Waals surface area contributed by atoms with Gasteiger partial charge in [-0.05, 0) is 54.3 Å². The van der Waals surface area contributed by atoms with Crippen molar-refractivity contribution in [3.8, 4) is 5.75 Å².